The first-order valence-electron chi connectivity index (χ1n) is 7.80. The monoisotopic (exact) mass is 297 g/mol. The van der Waals surface area contributed by atoms with E-state index in [1.807, 2.05) is 32.4 Å². The topological polar surface area (TPSA) is 53.9 Å². The van der Waals surface area contributed by atoms with Gasteiger partial charge in [-0.25, -0.2) is 9.97 Å². The molecule has 3 rings (SSSR count). The number of anilines is 1. The molecule has 0 bridgehead atoms. The molecule has 0 radical (unpaired) electrons. The van der Waals surface area contributed by atoms with Gasteiger partial charge in [0.05, 0.1) is 5.54 Å². The van der Waals surface area contributed by atoms with E-state index in [1.54, 1.807) is 0 Å². The fourth-order valence-electron chi connectivity index (χ4n) is 3.17. The predicted molar refractivity (Wildman–Crippen MR) is 87.5 cm³/mol. The Kier molecular flexibility index (Phi) is 4.07. The fraction of sp³-hybridized carbons (Fsp3) is 0.471. The summed E-state index contributed by atoms with van der Waals surface area (Å²) in [5.74, 6) is 1.81. The van der Waals surface area contributed by atoms with E-state index >= 15 is 0 Å². The standard InChI is InChI=1S/C17H23N5/c1-13-11-15(18-3)21-16(20-13)17(2)7-4-10-22(17)12-14-5-8-19-9-6-14/h5-6,8-9,11H,4,7,10,12H2,1-3H3,(H,18,20,21)/t17-/m0/s1. The molecule has 5 heteroatoms. The smallest absolute Gasteiger partial charge is 0.150 e. The molecule has 1 aliphatic heterocycles. The second-order valence-corrected chi connectivity index (χ2v) is 6.12. The zero-order valence-corrected chi connectivity index (χ0v) is 13.5. The number of hydrogen-bond acceptors (Lipinski definition) is 5. The van der Waals surface area contributed by atoms with Crippen LogP contribution in [-0.2, 0) is 12.1 Å². The highest BCUT2D eigenvalue weighted by Crippen LogP contribution is 2.38. The third kappa shape index (κ3) is 2.81. The molecule has 0 aromatic carbocycles. The van der Waals surface area contributed by atoms with Crippen LogP contribution >= 0.6 is 0 Å². The lowest BCUT2D eigenvalue weighted by molar-refractivity contribution is 0.137. The van der Waals surface area contributed by atoms with Gasteiger partial charge in [-0.1, -0.05) is 0 Å². The molecule has 22 heavy (non-hydrogen) atoms. The Bertz CT molecular complexity index is 643. The highest BCUT2D eigenvalue weighted by Gasteiger charge is 2.40. The molecule has 3 heterocycles. The quantitative estimate of drug-likeness (QED) is 0.940. The van der Waals surface area contributed by atoms with Crippen LogP contribution < -0.4 is 5.32 Å². The SMILES string of the molecule is CNc1cc(C)nc([C@]2(C)CCCN2Cc2ccncc2)n1. The van der Waals surface area contributed by atoms with Gasteiger partial charge in [0, 0.05) is 37.7 Å². The number of aryl methyl sites for hydroxylation is 1. The van der Waals surface area contributed by atoms with E-state index in [0.29, 0.717) is 0 Å². The molecule has 1 N–H and O–H groups in total. The van der Waals surface area contributed by atoms with Gasteiger partial charge in [-0.3, -0.25) is 9.88 Å². The Morgan fingerprint density at radius 3 is 2.77 bits per heavy atom. The van der Waals surface area contributed by atoms with E-state index < -0.39 is 0 Å². The molecule has 1 atom stereocenters. The minimum absolute atomic E-state index is 0.110. The van der Waals surface area contributed by atoms with E-state index in [4.69, 9.17) is 9.97 Å². The second-order valence-electron chi connectivity index (χ2n) is 6.12. The summed E-state index contributed by atoms with van der Waals surface area (Å²) in [7, 11) is 1.90. The zero-order valence-electron chi connectivity index (χ0n) is 13.5. The number of pyridine rings is 1. The number of likely N-dealkylation sites (tertiary alicyclic amines) is 1. The van der Waals surface area contributed by atoms with Crippen molar-refractivity contribution >= 4 is 5.82 Å². The minimum atomic E-state index is -0.110. The first-order chi connectivity index (χ1) is 10.6. The maximum atomic E-state index is 4.72. The molecule has 5 nitrogen and oxygen atoms in total. The first kappa shape index (κ1) is 14.9. The van der Waals surface area contributed by atoms with Gasteiger partial charge in [-0.15, -0.1) is 0 Å². The average Bonchev–Trinajstić information content (AvgIpc) is 2.90. The van der Waals surface area contributed by atoms with Crippen LogP contribution in [0.4, 0.5) is 5.82 Å². The molecule has 2 aromatic heterocycles. The van der Waals surface area contributed by atoms with Crippen LogP contribution in [0, 0.1) is 6.92 Å². The first-order valence-corrected chi connectivity index (χ1v) is 7.80. The largest absolute Gasteiger partial charge is 0.373 e. The summed E-state index contributed by atoms with van der Waals surface area (Å²) in [6, 6.07) is 6.14. The number of rotatable bonds is 4. The highest BCUT2D eigenvalue weighted by molar-refractivity contribution is 5.36. The van der Waals surface area contributed by atoms with Gasteiger partial charge in [0.1, 0.15) is 5.82 Å². The Morgan fingerprint density at radius 2 is 2.05 bits per heavy atom. The number of nitrogens with zero attached hydrogens (tertiary/aromatic N) is 4. The summed E-state index contributed by atoms with van der Waals surface area (Å²) < 4.78 is 0. The third-order valence-electron chi connectivity index (χ3n) is 4.50. The van der Waals surface area contributed by atoms with E-state index in [1.165, 1.54) is 12.0 Å². The molecular weight excluding hydrogens is 274 g/mol. The molecule has 116 valence electrons. The Labute approximate surface area is 131 Å². The maximum absolute atomic E-state index is 4.72. The van der Waals surface area contributed by atoms with Crippen LogP contribution in [0.25, 0.3) is 0 Å². The molecule has 1 saturated heterocycles. The van der Waals surface area contributed by atoms with Crippen LogP contribution in [0.1, 0.15) is 36.8 Å². The average molecular weight is 297 g/mol. The lowest BCUT2D eigenvalue weighted by Gasteiger charge is -2.34. The van der Waals surface area contributed by atoms with Gasteiger partial charge >= 0.3 is 0 Å². The summed E-state index contributed by atoms with van der Waals surface area (Å²) in [5, 5.41) is 3.14. The van der Waals surface area contributed by atoms with Crippen molar-refractivity contribution in [3.63, 3.8) is 0 Å². The van der Waals surface area contributed by atoms with Crippen LogP contribution in [0.3, 0.4) is 0 Å². The fourth-order valence-corrected chi connectivity index (χ4v) is 3.17. The van der Waals surface area contributed by atoms with Crippen LogP contribution in [0.2, 0.25) is 0 Å². The molecule has 0 aliphatic carbocycles. The molecule has 1 fully saturated rings. The molecule has 1 aliphatic rings. The zero-order chi connectivity index (χ0) is 15.6. The van der Waals surface area contributed by atoms with Gasteiger partial charge in [-0.2, -0.15) is 0 Å². The van der Waals surface area contributed by atoms with Crippen molar-refractivity contribution in [3.8, 4) is 0 Å². The molecule has 0 unspecified atom stereocenters. The van der Waals surface area contributed by atoms with Crippen LogP contribution in [0.5, 0.6) is 0 Å². The van der Waals surface area contributed by atoms with Crippen molar-refractivity contribution in [3.05, 3.63) is 47.7 Å². The minimum Gasteiger partial charge on any atom is -0.373 e. The summed E-state index contributed by atoms with van der Waals surface area (Å²) in [6.07, 6.45) is 5.97. The van der Waals surface area contributed by atoms with Crippen LogP contribution in [0.15, 0.2) is 30.6 Å². The van der Waals surface area contributed by atoms with Crippen LogP contribution in [-0.4, -0.2) is 33.4 Å². The van der Waals surface area contributed by atoms with Crippen molar-refractivity contribution < 1.29 is 0 Å². The van der Waals surface area contributed by atoms with Crippen molar-refractivity contribution in [2.45, 2.75) is 38.8 Å². The lowest BCUT2D eigenvalue weighted by Crippen LogP contribution is -2.39. The van der Waals surface area contributed by atoms with Crippen molar-refractivity contribution in [1.29, 1.82) is 0 Å². The molecule has 0 saturated carbocycles. The summed E-state index contributed by atoms with van der Waals surface area (Å²) in [6.45, 7) is 6.27. The van der Waals surface area contributed by atoms with E-state index in [9.17, 15) is 0 Å². The Balaban J connectivity index is 1.91. The van der Waals surface area contributed by atoms with Crippen molar-refractivity contribution in [2.24, 2.45) is 0 Å². The summed E-state index contributed by atoms with van der Waals surface area (Å²) in [4.78, 5) is 16.0. The van der Waals surface area contributed by atoms with Gasteiger partial charge < -0.3 is 5.32 Å². The second kappa shape index (κ2) is 6.01. The van der Waals surface area contributed by atoms with Gasteiger partial charge in [0.15, 0.2) is 5.82 Å². The summed E-state index contributed by atoms with van der Waals surface area (Å²) in [5.41, 5.74) is 2.18. The normalized spacial score (nSPS) is 22.0. The van der Waals surface area contributed by atoms with Crippen molar-refractivity contribution in [1.82, 2.24) is 19.9 Å². The molecule has 0 spiro atoms. The highest BCUT2D eigenvalue weighted by atomic mass is 15.2. The van der Waals surface area contributed by atoms with E-state index in [2.05, 4.69) is 34.3 Å². The molecular formula is C17H23N5. The number of hydrogen-bond donors (Lipinski definition) is 1. The van der Waals surface area contributed by atoms with E-state index in [0.717, 1.165) is 36.8 Å². The van der Waals surface area contributed by atoms with E-state index in [-0.39, 0.29) is 5.54 Å². The Hall–Kier alpha value is -2.01. The maximum Gasteiger partial charge on any atom is 0.150 e. The van der Waals surface area contributed by atoms with Gasteiger partial charge in [-0.05, 0) is 50.9 Å². The van der Waals surface area contributed by atoms with Gasteiger partial charge in [0.2, 0.25) is 0 Å². The van der Waals surface area contributed by atoms with Gasteiger partial charge in [0.25, 0.3) is 0 Å². The lowest BCUT2D eigenvalue weighted by atomic mass is 9.97. The number of nitrogens with one attached hydrogen (secondary N) is 1. The molecule has 2 aromatic rings. The summed E-state index contributed by atoms with van der Waals surface area (Å²) >= 11 is 0. The number of aromatic nitrogens is 3. The molecule has 0 amide bonds. The Morgan fingerprint density at radius 1 is 1.27 bits per heavy atom. The predicted octanol–water partition coefficient (Wildman–Crippen LogP) is 2.73. The van der Waals surface area contributed by atoms with Crippen molar-refractivity contribution in [2.75, 3.05) is 18.9 Å². The third-order valence-corrected chi connectivity index (χ3v) is 4.50.